The van der Waals surface area contributed by atoms with Crippen LogP contribution in [0.2, 0.25) is 0 Å². The second-order valence-corrected chi connectivity index (χ2v) is 3.78. The molecule has 0 amide bonds. The van der Waals surface area contributed by atoms with Gasteiger partial charge in [-0.1, -0.05) is 19.4 Å². The van der Waals surface area contributed by atoms with Gasteiger partial charge in [-0.3, -0.25) is 0 Å². The van der Waals surface area contributed by atoms with Crippen molar-refractivity contribution < 1.29 is 14.2 Å². The van der Waals surface area contributed by atoms with Crippen LogP contribution >= 0.6 is 0 Å². The summed E-state index contributed by atoms with van der Waals surface area (Å²) in [5.74, 6) is -0.278. The quantitative estimate of drug-likeness (QED) is 0.808. The van der Waals surface area contributed by atoms with Gasteiger partial charge >= 0.3 is 0 Å². The smallest absolute Gasteiger partial charge is 0.165 e. The van der Waals surface area contributed by atoms with E-state index in [-0.39, 0.29) is 5.75 Å². The van der Waals surface area contributed by atoms with Gasteiger partial charge in [-0.05, 0) is 24.1 Å². The van der Waals surface area contributed by atoms with Gasteiger partial charge in [0.05, 0.1) is 19.3 Å². The van der Waals surface area contributed by atoms with E-state index in [4.69, 9.17) is 10.5 Å². The monoisotopic (exact) mass is 227 g/mol. The highest BCUT2D eigenvalue weighted by Gasteiger charge is 2.17. The Kier molecular flexibility index (Phi) is 4.71. The van der Waals surface area contributed by atoms with Crippen molar-refractivity contribution in [2.75, 3.05) is 7.11 Å². The van der Waals surface area contributed by atoms with Gasteiger partial charge in [-0.25, -0.2) is 4.39 Å². The summed E-state index contributed by atoms with van der Waals surface area (Å²) in [7, 11) is 1.40. The topological polar surface area (TPSA) is 55.5 Å². The van der Waals surface area contributed by atoms with Crippen LogP contribution in [0.5, 0.6) is 5.75 Å². The highest BCUT2D eigenvalue weighted by molar-refractivity contribution is 5.32. The summed E-state index contributed by atoms with van der Waals surface area (Å²) in [5, 5.41) is 9.74. The molecule has 3 nitrogen and oxygen atoms in total. The summed E-state index contributed by atoms with van der Waals surface area (Å²) in [4.78, 5) is 0. The summed E-state index contributed by atoms with van der Waals surface area (Å²) >= 11 is 0. The zero-order valence-electron chi connectivity index (χ0n) is 9.61. The fraction of sp³-hybridized carbons (Fsp3) is 0.500. The van der Waals surface area contributed by atoms with Crippen LogP contribution < -0.4 is 10.5 Å². The maximum Gasteiger partial charge on any atom is 0.165 e. The SMILES string of the molecule is CCC[C@@H](O)[C@@H](N)c1ccc(F)c(OC)c1. The molecule has 0 saturated carbocycles. The Morgan fingerprint density at radius 3 is 2.75 bits per heavy atom. The van der Waals surface area contributed by atoms with E-state index in [0.29, 0.717) is 12.0 Å². The van der Waals surface area contributed by atoms with Crippen LogP contribution in [0.1, 0.15) is 31.4 Å². The average Bonchev–Trinajstić information content (AvgIpc) is 2.29. The normalized spacial score (nSPS) is 14.6. The largest absolute Gasteiger partial charge is 0.494 e. The second kappa shape index (κ2) is 5.82. The minimum atomic E-state index is -0.611. The Morgan fingerprint density at radius 2 is 2.19 bits per heavy atom. The molecule has 3 N–H and O–H groups in total. The molecule has 0 aliphatic rings. The summed E-state index contributed by atoms with van der Waals surface area (Å²) in [6.45, 7) is 1.97. The first-order chi connectivity index (χ1) is 7.60. The second-order valence-electron chi connectivity index (χ2n) is 3.78. The number of nitrogens with two attached hydrogens (primary N) is 1. The lowest BCUT2D eigenvalue weighted by molar-refractivity contribution is 0.134. The van der Waals surface area contributed by atoms with Crippen molar-refractivity contribution >= 4 is 0 Å². The first-order valence-electron chi connectivity index (χ1n) is 5.37. The molecule has 0 unspecified atom stereocenters. The van der Waals surface area contributed by atoms with Gasteiger partial charge in [0, 0.05) is 0 Å². The van der Waals surface area contributed by atoms with E-state index < -0.39 is 18.0 Å². The summed E-state index contributed by atoms with van der Waals surface area (Å²) in [6.07, 6.45) is 0.869. The highest BCUT2D eigenvalue weighted by Crippen LogP contribution is 2.24. The predicted octanol–water partition coefficient (Wildman–Crippen LogP) is 2.00. The standard InChI is InChI=1S/C12H18FNO2/c1-3-4-10(15)12(14)8-5-6-9(13)11(7-8)16-2/h5-7,10,12,15H,3-4,14H2,1-2H3/t10-,12+/m1/s1. The number of rotatable bonds is 5. The lowest BCUT2D eigenvalue weighted by Gasteiger charge is -2.19. The zero-order valence-corrected chi connectivity index (χ0v) is 9.61. The maximum atomic E-state index is 13.2. The van der Waals surface area contributed by atoms with E-state index in [2.05, 4.69) is 0 Å². The van der Waals surface area contributed by atoms with Crippen molar-refractivity contribution in [1.29, 1.82) is 0 Å². The number of hydrogen-bond acceptors (Lipinski definition) is 3. The molecule has 1 aromatic carbocycles. The number of aliphatic hydroxyl groups excluding tert-OH is 1. The Labute approximate surface area is 95.0 Å². The molecule has 0 spiro atoms. The van der Waals surface area contributed by atoms with Gasteiger partial charge in [0.1, 0.15) is 0 Å². The molecule has 0 aromatic heterocycles. The molecule has 0 aliphatic heterocycles. The van der Waals surface area contributed by atoms with Gasteiger partial charge < -0.3 is 15.6 Å². The van der Waals surface area contributed by atoms with E-state index >= 15 is 0 Å². The first kappa shape index (κ1) is 12.9. The van der Waals surface area contributed by atoms with Crippen molar-refractivity contribution in [3.05, 3.63) is 29.6 Å². The van der Waals surface area contributed by atoms with Crippen LogP contribution in [0.15, 0.2) is 18.2 Å². The molecule has 0 saturated heterocycles. The molecule has 16 heavy (non-hydrogen) atoms. The number of benzene rings is 1. The minimum Gasteiger partial charge on any atom is -0.494 e. The molecule has 0 aliphatic carbocycles. The molecule has 1 rings (SSSR count). The summed E-state index contributed by atoms with van der Waals surface area (Å²) < 4.78 is 18.0. The molecule has 0 bridgehead atoms. The molecule has 90 valence electrons. The van der Waals surface area contributed by atoms with Crippen LogP contribution in [0.3, 0.4) is 0 Å². The van der Waals surface area contributed by atoms with Crippen LogP contribution in [0.25, 0.3) is 0 Å². The van der Waals surface area contributed by atoms with E-state index in [0.717, 1.165) is 6.42 Å². The number of methoxy groups -OCH3 is 1. The average molecular weight is 227 g/mol. The Balaban J connectivity index is 2.87. The van der Waals surface area contributed by atoms with Crippen molar-refractivity contribution in [3.63, 3.8) is 0 Å². The summed E-state index contributed by atoms with van der Waals surface area (Å²) in [6, 6.07) is 3.89. The number of halogens is 1. The lowest BCUT2D eigenvalue weighted by atomic mass is 9.99. The summed E-state index contributed by atoms with van der Waals surface area (Å²) in [5.41, 5.74) is 6.55. The Bertz CT molecular complexity index is 344. The van der Waals surface area contributed by atoms with Crippen LogP contribution in [0.4, 0.5) is 4.39 Å². The van der Waals surface area contributed by atoms with E-state index in [9.17, 15) is 9.50 Å². The van der Waals surface area contributed by atoms with Crippen LogP contribution in [-0.4, -0.2) is 18.3 Å². The molecule has 1 aromatic rings. The van der Waals surface area contributed by atoms with E-state index in [1.165, 1.54) is 19.2 Å². The lowest BCUT2D eigenvalue weighted by Crippen LogP contribution is -2.26. The van der Waals surface area contributed by atoms with Gasteiger partial charge in [-0.2, -0.15) is 0 Å². The molecule has 0 fully saturated rings. The Morgan fingerprint density at radius 1 is 1.50 bits per heavy atom. The van der Waals surface area contributed by atoms with Gasteiger partial charge in [0.25, 0.3) is 0 Å². The van der Waals surface area contributed by atoms with Crippen molar-refractivity contribution in [2.24, 2.45) is 5.73 Å². The third kappa shape index (κ3) is 2.93. The third-order valence-corrected chi connectivity index (χ3v) is 2.56. The zero-order chi connectivity index (χ0) is 12.1. The fourth-order valence-electron chi connectivity index (χ4n) is 1.58. The van der Waals surface area contributed by atoms with Crippen LogP contribution in [-0.2, 0) is 0 Å². The first-order valence-corrected chi connectivity index (χ1v) is 5.37. The van der Waals surface area contributed by atoms with Gasteiger partial charge in [-0.15, -0.1) is 0 Å². The fourth-order valence-corrected chi connectivity index (χ4v) is 1.58. The van der Waals surface area contributed by atoms with Crippen LogP contribution in [0, 0.1) is 5.82 Å². The number of hydrogen-bond donors (Lipinski definition) is 2. The van der Waals surface area contributed by atoms with Gasteiger partial charge in [0.15, 0.2) is 11.6 Å². The molecule has 0 heterocycles. The molecule has 0 radical (unpaired) electrons. The molecular weight excluding hydrogens is 209 g/mol. The molecule has 4 heteroatoms. The maximum absolute atomic E-state index is 13.2. The predicted molar refractivity (Wildman–Crippen MR) is 60.8 cm³/mol. The minimum absolute atomic E-state index is 0.150. The van der Waals surface area contributed by atoms with E-state index in [1.807, 2.05) is 6.92 Å². The number of ether oxygens (including phenoxy) is 1. The number of aliphatic hydroxyl groups is 1. The van der Waals surface area contributed by atoms with E-state index in [1.54, 1.807) is 6.07 Å². The third-order valence-electron chi connectivity index (χ3n) is 2.56. The van der Waals surface area contributed by atoms with Crippen molar-refractivity contribution in [1.82, 2.24) is 0 Å². The molecular formula is C12H18FNO2. The van der Waals surface area contributed by atoms with Crippen molar-refractivity contribution in [3.8, 4) is 5.75 Å². The molecule has 2 atom stereocenters. The Hall–Kier alpha value is -1.13. The van der Waals surface area contributed by atoms with Crippen molar-refractivity contribution in [2.45, 2.75) is 31.9 Å². The highest BCUT2D eigenvalue weighted by atomic mass is 19.1. The van der Waals surface area contributed by atoms with Gasteiger partial charge in [0.2, 0.25) is 0 Å².